The summed E-state index contributed by atoms with van der Waals surface area (Å²) in [4.78, 5) is 10.3. The van der Waals surface area contributed by atoms with Gasteiger partial charge in [-0.2, -0.15) is 5.26 Å². The molecule has 3 heteroatoms. The fraction of sp³-hybridized carbons (Fsp3) is 0.200. The molecule has 0 saturated heterocycles. The Balaban J connectivity index is 2.70. The number of rotatable bonds is 3. The first-order valence-electron chi connectivity index (χ1n) is 3.88. The molecule has 0 amide bonds. The fourth-order valence-electron chi connectivity index (χ4n) is 0.855. The minimum absolute atomic E-state index is 0.470. The number of hydrogen-bond acceptors (Lipinski definition) is 3. The molecule has 0 saturated carbocycles. The van der Waals surface area contributed by atoms with Crippen molar-refractivity contribution in [3.63, 3.8) is 0 Å². The number of carbonyl (C=O) groups is 1. The van der Waals surface area contributed by atoms with E-state index >= 15 is 0 Å². The lowest BCUT2D eigenvalue weighted by atomic mass is 10.2. The second-order valence-electron chi connectivity index (χ2n) is 2.58. The molecule has 0 bridgehead atoms. The summed E-state index contributed by atoms with van der Waals surface area (Å²) in [5.41, 5.74) is 0.594. The van der Waals surface area contributed by atoms with Gasteiger partial charge in [0.05, 0.1) is 0 Å². The first-order valence-corrected chi connectivity index (χ1v) is 3.88. The molecule has 0 unspecified atom stereocenters. The molecule has 0 aliphatic rings. The Kier molecular flexibility index (Phi) is 3.04. The second kappa shape index (κ2) is 4.27. The standard InChI is InChI=1S/C10H9NO2/c1-8(6-11)13-10-4-2-9(7-12)3-5-10/h2-5,7-8H,1H3/t8-/m0/s1. The zero-order valence-corrected chi connectivity index (χ0v) is 7.23. The predicted molar refractivity (Wildman–Crippen MR) is 47.5 cm³/mol. The quantitative estimate of drug-likeness (QED) is 0.658. The van der Waals surface area contributed by atoms with E-state index in [9.17, 15) is 4.79 Å². The highest BCUT2D eigenvalue weighted by Gasteiger charge is 2.00. The second-order valence-corrected chi connectivity index (χ2v) is 2.58. The van der Waals surface area contributed by atoms with E-state index in [1.165, 1.54) is 0 Å². The summed E-state index contributed by atoms with van der Waals surface area (Å²) in [6, 6.07) is 8.57. The number of nitriles is 1. The molecular formula is C10H9NO2. The van der Waals surface area contributed by atoms with E-state index in [4.69, 9.17) is 10.00 Å². The van der Waals surface area contributed by atoms with Gasteiger partial charge in [-0.1, -0.05) is 0 Å². The van der Waals surface area contributed by atoms with Crippen molar-refractivity contribution in [1.29, 1.82) is 5.26 Å². The summed E-state index contributed by atoms with van der Waals surface area (Å²) in [5.74, 6) is 0.597. The van der Waals surface area contributed by atoms with Crippen molar-refractivity contribution in [2.24, 2.45) is 0 Å². The largest absolute Gasteiger partial charge is 0.476 e. The Morgan fingerprint density at radius 1 is 1.46 bits per heavy atom. The lowest BCUT2D eigenvalue weighted by Gasteiger charge is -2.06. The molecule has 0 heterocycles. The molecule has 0 spiro atoms. The van der Waals surface area contributed by atoms with Crippen LogP contribution in [0, 0.1) is 11.3 Å². The van der Waals surface area contributed by atoms with Crippen molar-refractivity contribution in [3.8, 4) is 11.8 Å². The smallest absolute Gasteiger partial charge is 0.181 e. The first-order chi connectivity index (χ1) is 6.26. The summed E-state index contributed by atoms with van der Waals surface area (Å²) < 4.78 is 5.19. The van der Waals surface area contributed by atoms with Crippen molar-refractivity contribution in [3.05, 3.63) is 29.8 Å². The number of nitrogens with zero attached hydrogens (tertiary/aromatic N) is 1. The summed E-state index contributed by atoms with van der Waals surface area (Å²) >= 11 is 0. The van der Waals surface area contributed by atoms with Crippen LogP contribution in [0.2, 0.25) is 0 Å². The molecule has 0 aliphatic heterocycles. The van der Waals surface area contributed by atoms with Gasteiger partial charge >= 0.3 is 0 Å². The molecule has 0 fully saturated rings. The van der Waals surface area contributed by atoms with Gasteiger partial charge in [0.2, 0.25) is 0 Å². The number of aldehydes is 1. The number of benzene rings is 1. The van der Waals surface area contributed by atoms with Crippen LogP contribution in [0.3, 0.4) is 0 Å². The van der Waals surface area contributed by atoms with Crippen LogP contribution in [0.25, 0.3) is 0 Å². The van der Waals surface area contributed by atoms with Crippen molar-refractivity contribution in [1.82, 2.24) is 0 Å². The maximum atomic E-state index is 10.3. The molecule has 13 heavy (non-hydrogen) atoms. The normalized spacial score (nSPS) is 11.4. The van der Waals surface area contributed by atoms with E-state index in [0.717, 1.165) is 6.29 Å². The zero-order chi connectivity index (χ0) is 9.68. The maximum Gasteiger partial charge on any atom is 0.181 e. The van der Waals surface area contributed by atoms with Gasteiger partial charge in [0.1, 0.15) is 18.1 Å². The van der Waals surface area contributed by atoms with Gasteiger partial charge in [-0.05, 0) is 31.2 Å². The van der Waals surface area contributed by atoms with Crippen molar-refractivity contribution < 1.29 is 9.53 Å². The van der Waals surface area contributed by atoms with Gasteiger partial charge in [-0.25, -0.2) is 0 Å². The van der Waals surface area contributed by atoms with Gasteiger partial charge in [0.25, 0.3) is 0 Å². The molecule has 0 N–H and O–H groups in total. The molecular weight excluding hydrogens is 166 g/mol. The Morgan fingerprint density at radius 3 is 2.54 bits per heavy atom. The maximum absolute atomic E-state index is 10.3. The minimum atomic E-state index is -0.470. The molecule has 1 aromatic rings. The number of hydrogen-bond donors (Lipinski definition) is 0. The first kappa shape index (κ1) is 9.27. The minimum Gasteiger partial charge on any atom is -0.476 e. The Hall–Kier alpha value is -1.82. The molecule has 0 aromatic heterocycles. The van der Waals surface area contributed by atoms with Crippen LogP contribution in [0.4, 0.5) is 0 Å². The molecule has 66 valence electrons. The fourth-order valence-corrected chi connectivity index (χ4v) is 0.855. The molecule has 0 radical (unpaired) electrons. The SMILES string of the molecule is C[C@@H](C#N)Oc1ccc(C=O)cc1. The average molecular weight is 175 g/mol. The highest BCUT2D eigenvalue weighted by atomic mass is 16.5. The van der Waals surface area contributed by atoms with Crippen molar-refractivity contribution in [2.75, 3.05) is 0 Å². The van der Waals surface area contributed by atoms with E-state index in [-0.39, 0.29) is 0 Å². The Bertz CT molecular complexity index is 324. The highest BCUT2D eigenvalue weighted by molar-refractivity contribution is 5.74. The van der Waals surface area contributed by atoms with Crippen LogP contribution in [0.1, 0.15) is 17.3 Å². The van der Waals surface area contributed by atoms with Crippen LogP contribution in [0.15, 0.2) is 24.3 Å². The van der Waals surface area contributed by atoms with E-state index in [1.54, 1.807) is 31.2 Å². The third kappa shape index (κ3) is 2.60. The highest BCUT2D eigenvalue weighted by Crippen LogP contribution is 2.12. The molecule has 1 atom stereocenters. The third-order valence-corrected chi connectivity index (χ3v) is 1.51. The average Bonchev–Trinajstić information content (AvgIpc) is 2.19. The lowest BCUT2D eigenvalue weighted by molar-refractivity contribution is 0.112. The van der Waals surface area contributed by atoms with Crippen LogP contribution in [-0.2, 0) is 0 Å². The van der Waals surface area contributed by atoms with Gasteiger partial charge < -0.3 is 4.74 Å². The summed E-state index contributed by atoms with van der Waals surface area (Å²) in [5, 5.41) is 8.47. The Labute approximate surface area is 76.6 Å². The van der Waals surface area contributed by atoms with Crippen LogP contribution in [-0.4, -0.2) is 12.4 Å². The van der Waals surface area contributed by atoms with E-state index < -0.39 is 6.10 Å². The van der Waals surface area contributed by atoms with E-state index in [1.807, 2.05) is 6.07 Å². The van der Waals surface area contributed by atoms with Crippen LogP contribution in [0.5, 0.6) is 5.75 Å². The van der Waals surface area contributed by atoms with Crippen LogP contribution >= 0.6 is 0 Å². The zero-order valence-electron chi connectivity index (χ0n) is 7.23. The van der Waals surface area contributed by atoms with E-state index in [0.29, 0.717) is 11.3 Å². The summed E-state index contributed by atoms with van der Waals surface area (Å²) in [7, 11) is 0. The van der Waals surface area contributed by atoms with Gasteiger partial charge in [0.15, 0.2) is 6.10 Å². The molecule has 3 nitrogen and oxygen atoms in total. The Morgan fingerprint density at radius 2 is 2.08 bits per heavy atom. The van der Waals surface area contributed by atoms with Gasteiger partial charge in [-0.3, -0.25) is 4.79 Å². The topological polar surface area (TPSA) is 50.1 Å². The van der Waals surface area contributed by atoms with E-state index in [2.05, 4.69) is 0 Å². The lowest BCUT2D eigenvalue weighted by Crippen LogP contribution is -2.07. The molecule has 1 aromatic carbocycles. The van der Waals surface area contributed by atoms with Crippen molar-refractivity contribution >= 4 is 6.29 Å². The summed E-state index contributed by atoms with van der Waals surface area (Å²) in [6.45, 7) is 1.66. The number of carbonyl (C=O) groups excluding carboxylic acids is 1. The molecule has 0 aliphatic carbocycles. The molecule has 1 rings (SSSR count). The monoisotopic (exact) mass is 175 g/mol. The van der Waals surface area contributed by atoms with Crippen LogP contribution < -0.4 is 4.74 Å². The van der Waals surface area contributed by atoms with Gasteiger partial charge in [-0.15, -0.1) is 0 Å². The van der Waals surface area contributed by atoms with Gasteiger partial charge in [0, 0.05) is 5.56 Å². The van der Waals surface area contributed by atoms with Crippen molar-refractivity contribution in [2.45, 2.75) is 13.0 Å². The number of ether oxygens (including phenoxy) is 1. The predicted octanol–water partition coefficient (Wildman–Crippen LogP) is 1.79. The summed E-state index contributed by atoms with van der Waals surface area (Å²) in [6.07, 6.45) is 0.291. The third-order valence-electron chi connectivity index (χ3n) is 1.51.